The molecule has 4 rings (SSSR count). The molecule has 0 aliphatic heterocycles. The average molecular weight is 423 g/mol. The molecule has 2 fully saturated rings. The van der Waals surface area contributed by atoms with Gasteiger partial charge in [0.2, 0.25) is 11.8 Å². The first-order valence-electron chi connectivity index (χ1n) is 10.8. The van der Waals surface area contributed by atoms with E-state index in [1.54, 1.807) is 24.3 Å². The summed E-state index contributed by atoms with van der Waals surface area (Å²) in [7, 11) is 0. The highest BCUT2D eigenvalue weighted by Crippen LogP contribution is 2.30. The highest BCUT2D eigenvalue weighted by molar-refractivity contribution is 6.06. The second-order valence-electron chi connectivity index (χ2n) is 8.32. The van der Waals surface area contributed by atoms with Crippen LogP contribution < -0.4 is 16.0 Å². The van der Waals surface area contributed by atoms with E-state index in [1.165, 1.54) is 18.2 Å². The normalized spacial score (nSPS) is 16.4. The van der Waals surface area contributed by atoms with Gasteiger partial charge in [0.15, 0.2) is 0 Å². The Hall–Kier alpha value is -3.22. The van der Waals surface area contributed by atoms with Crippen LogP contribution in [0.5, 0.6) is 0 Å². The maximum atomic E-state index is 14.2. The fourth-order valence-electron chi connectivity index (χ4n) is 3.83. The summed E-state index contributed by atoms with van der Waals surface area (Å²) in [5.41, 5.74) is 1.35. The van der Waals surface area contributed by atoms with Gasteiger partial charge in [0.25, 0.3) is 5.91 Å². The van der Waals surface area contributed by atoms with Crippen molar-refractivity contribution in [1.82, 2.24) is 0 Å². The number of rotatable bonds is 6. The highest BCUT2D eigenvalue weighted by atomic mass is 19.1. The lowest BCUT2D eigenvalue weighted by Crippen LogP contribution is -2.25. The number of carbonyl (C=O) groups excluding carboxylic acids is 3. The van der Waals surface area contributed by atoms with E-state index in [4.69, 9.17) is 0 Å². The van der Waals surface area contributed by atoms with Crippen LogP contribution in [0.4, 0.5) is 21.5 Å². The van der Waals surface area contributed by atoms with Gasteiger partial charge in [-0.25, -0.2) is 4.39 Å². The number of hydrogen-bond acceptors (Lipinski definition) is 3. The Bertz CT molecular complexity index is 997. The van der Waals surface area contributed by atoms with Crippen molar-refractivity contribution in [2.24, 2.45) is 11.8 Å². The SMILES string of the molecule is O=C(Nc1ccc(F)c(NC(=O)C2CCCCC2)c1)c1cccc(NC(=O)C2CC2)c1. The first-order valence-corrected chi connectivity index (χ1v) is 10.8. The minimum atomic E-state index is -0.549. The molecule has 0 spiro atoms. The molecule has 0 aromatic heterocycles. The topological polar surface area (TPSA) is 87.3 Å². The van der Waals surface area contributed by atoms with Crippen LogP contribution in [0.2, 0.25) is 0 Å². The van der Waals surface area contributed by atoms with Gasteiger partial charge in [0, 0.05) is 28.8 Å². The molecule has 0 atom stereocenters. The molecule has 162 valence electrons. The molecule has 2 aliphatic carbocycles. The van der Waals surface area contributed by atoms with Crippen molar-refractivity contribution in [2.45, 2.75) is 44.9 Å². The predicted molar refractivity (Wildman–Crippen MR) is 117 cm³/mol. The monoisotopic (exact) mass is 423 g/mol. The molecule has 0 radical (unpaired) electrons. The molecule has 31 heavy (non-hydrogen) atoms. The van der Waals surface area contributed by atoms with Crippen molar-refractivity contribution >= 4 is 34.8 Å². The summed E-state index contributed by atoms with van der Waals surface area (Å²) in [6.45, 7) is 0. The lowest BCUT2D eigenvalue weighted by atomic mass is 9.88. The largest absolute Gasteiger partial charge is 0.326 e. The number of amides is 3. The summed E-state index contributed by atoms with van der Waals surface area (Å²) in [6, 6.07) is 10.8. The molecular weight excluding hydrogens is 397 g/mol. The number of nitrogens with one attached hydrogen (secondary N) is 3. The zero-order chi connectivity index (χ0) is 21.8. The Balaban J connectivity index is 1.41. The van der Waals surface area contributed by atoms with Crippen molar-refractivity contribution < 1.29 is 18.8 Å². The van der Waals surface area contributed by atoms with Crippen LogP contribution in [-0.4, -0.2) is 17.7 Å². The molecular formula is C24H26FN3O3. The third kappa shape index (κ3) is 5.48. The van der Waals surface area contributed by atoms with E-state index < -0.39 is 11.7 Å². The summed E-state index contributed by atoms with van der Waals surface area (Å²) in [5, 5.41) is 8.21. The molecule has 6 nitrogen and oxygen atoms in total. The Labute approximate surface area is 180 Å². The molecule has 0 bridgehead atoms. The Morgan fingerprint density at radius 1 is 0.742 bits per heavy atom. The Morgan fingerprint density at radius 2 is 1.42 bits per heavy atom. The van der Waals surface area contributed by atoms with Gasteiger partial charge in [-0.05, 0) is 62.1 Å². The van der Waals surface area contributed by atoms with Crippen LogP contribution in [0.3, 0.4) is 0 Å². The van der Waals surface area contributed by atoms with Crippen molar-refractivity contribution in [3.8, 4) is 0 Å². The third-order valence-electron chi connectivity index (χ3n) is 5.80. The third-order valence-corrected chi connectivity index (χ3v) is 5.80. The number of carbonyl (C=O) groups is 3. The van der Waals surface area contributed by atoms with Crippen LogP contribution in [0.1, 0.15) is 55.3 Å². The van der Waals surface area contributed by atoms with E-state index in [2.05, 4.69) is 16.0 Å². The summed E-state index contributed by atoms with van der Waals surface area (Å²) in [6.07, 6.45) is 6.58. The molecule has 0 heterocycles. The standard InChI is InChI=1S/C24H26FN3O3/c25-20-12-11-19(14-21(20)28-23(30)15-5-2-1-3-6-15)27-24(31)17-7-4-8-18(13-17)26-22(29)16-9-10-16/h4,7-8,11-16H,1-3,5-6,9-10H2,(H,26,29)(H,27,31)(H,28,30). The minimum Gasteiger partial charge on any atom is -0.326 e. The second kappa shape index (κ2) is 9.29. The van der Waals surface area contributed by atoms with Gasteiger partial charge in [-0.2, -0.15) is 0 Å². The van der Waals surface area contributed by atoms with Crippen LogP contribution in [0, 0.1) is 17.7 Å². The zero-order valence-electron chi connectivity index (χ0n) is 17.2. The Kier molecular flexibility index (Phi) is 6.30. The van der Waals surface area contributed by atoms with Gasteiger partial charge < -0.3 is 16.0 Å². The summed E-state index contributed by atoms with van der Waals surface area (Å²) >= 11 is 0. The van der Waals surface area contributed by atoms with E-state index in [0.717, 1.165) is 44.9 Å². The van der Waals surface area contributed by atoms with Gasteiger partial charge in [-0.1, -0.05) is 25.3 Å². The smallest absolute Gasteiger partial charge is 0.255 e. The van der Waals surface area contributed by atoms with Crippen LogP contribution in [-0.2, 0) is 9.59 Å². The van der Waals surface area contributed by atoms with Gasteiger partial charge in [0.1, 0.15) is 5.82 Å². The van der Waals surface area contributed by atoms with Crippen molar-refractivity contribution in [3.05, 3.63) is 53.8 Å². The van der Waals surface area contributed by atoms with Crippen LogP contribution >= 0.6 is 0 Å². The van der Waals surface area contributed by atoms with Crippen LogP contribution in [0.25, 0.3) is 0 Å². The minimum absolute atomic E-state index is 0.0329. The molecule has 3 N–H and O–H groups in total. The number of halogens is 1. The lowest BCUT2D eigenvalue weighted by molar-refractivity contribution is -0.120. The van der Waals surface area contributed by atoms with Crippen LogP contribution in [0.15, 0.2) is 42.5 Å². The quantitative estimate of drug-likeness (QED) is 0.615. The van der Waals surface area contributed by atoms with E-state index in [1.807, 2.05) is 0 Å². The molecule has 3 amide bonds. The van der Waals surface area contributed by atoms with E-state index >= 15 is 0 Å². The van der Waals surface area contributed by atoms with E-state index in [-0.39, 0.29) is 29.3 Å². The first-order chi connectivity index (χ1) is 15.0. The van der Waals surface area contributed by atoms with Crippen molar-refractivity contribution in [2.75, 3.05) is 16.0 Å². The predicted octanol–water partition coefficient (Wildman–Crippen LogP) is 4.95. The average Bonchev–Trinajstić information content (AvgIpc) is 3.62. The number of hydrogen-bond donors (Lipinski definition) is 3. The molecule has 2 aliphatic rings. The molecule has 0 saturated heterocycles. The van der Waals surface area contributed by atoms with Crippen molar-refractivity contribution in [3.63, 3.8) is 0 Å². The fraction of sp³-hybridized carbons (Fsp3) is 0.375. The molecule has 2 aromatic rings. The first kappa shape index (κ1) is 21.0. The summed E-state index contributed by atoms with van der Waals surface area (Å²) in [4.78, 5) is 37.0. The maximum Gasteiger partial charge on any atom is 0.255 e. The van der Waals surface area contributed by atoms with Crippen molar-refractivity contribution in [1.29, 1.82) is 0 Å². The van der Waals surface area contributed by atoms with E-state index in [0.29, 0.717) is 16.9 Å². The lowest BCUT2D eigenvalue weighted by Gasteiger charge is -2.21. The molecule has 0 unspecified atom stereocenters. The van der Waals surface area contributed by atoms with Gasteiger partial charge in [-0.15, -0.1) is 0 Å². The number of benzene rings is 2. The zero-order valence-corrected chi connectivity index (χ0v) is 17.2. The molecule has 7 heteroatoms. The highest BCUT2D eigenvalue weighted by Gasteiger charge is 2.29. The summed E-state index contributed by atoms with van der Waals surface area (Å²) in [5.74, 6) is -1.18. The second-order valence-corrected chi connectivity index (χ2v) is 8.32. The molecule has 2 saturated carbocycles. The van der Waals surface area contributed by atoms with Gasteiger partial charge >= 0.3 is 0 Å². The maximum absolute atomic E-state index is 14.2. The molecule has 2 aromatic carbocycles. The summed E-state index contributed by atoms with van der Waals surface area (Å²) < 4.78 is 14.2. The fourth-order valence-corrected chi connectivity index (χ4v) is 3.83. The van der Waals surface area contributed by atoms with E-state index in [9.17, 15) is 18.8 Å². The van der Waals surface area contributed by atoms with Gasteiger partial charge in [0.05, 0.1) is 5.69 Å². The number of anilines is 3. The Morgan fingerprint density at radius 3 is 2.16 bits per heavy atom. The van der Waals surface area contributed by atoms with Gasteiger partial charge in [-0.3, -0.25) is 14.4 Å².